The molecule has 0 saturated heterocycles. The molecule has 31 heavy (non-hydrogen) atoms. The van der Waals surface area contributed by atoms with Crippen LogP contribution >= 0.6 is 0 Å². The first-order valence-electron chi connectivity index (χ1n) is 10.0. The van der Waals surface area contributed by atoms with E-state index in [1.807, 2.05) is 54.6 Å². The third-order valence-electron chi connectivity index (χ3n) is 5.14. The Kier molecular flexibility index (Phi) is 4.98. The van der Waals surface area contributed by atoms with Gasteiger partial charge >= 0.3 is 0 Å². The number of hydrogen-bond acceptors (Lipinski definition) is 4. The molecule has 0 spiro atoms. The number of carbonyl (C=O) groups excluding carboxylic acids is 1. The molecule has 7 heteroatoms. The zero-order valence-electron chi connectivity index (χ0n) is 16.6. The molecule has 1 amide bonds. The minimum atomic E-state index is -0.294. The lowest BCUT2D eigenvalue weighted by atomic mass is 10.0. The smallest absolute Gasteiger partial charge is 0.251 e. The second-order valence-corrected chi connectivity index (χ2v) is 7.24. The number of benzene rings is 3. The predicted octanol–water partition coefficient (Wildman–Crippen LogP) is 3.86. The van der Waals surface area contributed by atoms with E-state index in [2.05, 4.69) is 32.5 Å². The Bertz CT molecular complexity index is 1260. The number of para-hydroxylation sites is 2. The summed E-state index contributed by atoms with van der Waals surface area (Å²) in [5, 5.41) is 7.26. The highest BCUT2D eigenvalue weighted by Gasteiger charge is 2.20. The third kappa shape index (κ3) is 4.06. The lowest BCUT2D eigenvalue weighted by Crippen LogP contribution is -2.30. The Morgan fingerprint density at radius 3 is 2.48 bits per heavy atom. The molecule has 0 aliphatic heterocycles. The average molecular weight is 408 g/mol. The van der Waals surface area contributed by atoms with Crippen LogP contribution in [0.5, 0.6) is 0 Å². The van der Waals surface area contributed by atoms with Gasteiger partial charge in [-0.2, -0.15) is 5.10 Å². The summed E-state index contributed by atoms with van der Waals surface area (Å²) >= 11 is 0. The van der Waals surface area contributed by atoms with E-state index in [0.717, 1.165) is 28.1 Å². The van der Waals surface area contributed by atoms with Crippen molar-refractivity contribution < 1.29 is 4.79 Å². The summed E-state index contributed by atoms with van der Waals surface area (Å²) in [6.45, 7) is 0. The molecule has 5 aromatic rings. The molecule has 2 aromatic heterocycles. The molecule has 1 atom stereocenters. The molecular formula is C24H20N6O. The van der Waals surface area contributed by atoms with Crippen LogP contribution < -0.4 is 5.32 Å². The molecule has 0 unspecified atom stereocenters. The summed E-state index contributed by atoms with van der Waals surface area (Å²) in [6, 6.07) is 24.9. The van der Waals surface area contributed by atoms with Crippen molar-refractivity contribution in [3.63, 3.8) is 0 Å². The molecule has 3 aromatic carbocycles. The number of H-pyrrole nitrogens is 1. The number of hydrogen-bond donors (Lipinski definition) is 2. The van der Waals surface area contributed by atoms with Gasteiger partial charge in [0.25, 0.3) is 5.91 Å². The van der Waals surface area contributed by atoms with Crippen molar-refractivity contribution in [1.29, 1.82) is 0 Å². The van der Waals surface area contributed by atoms with Crippen LogP contribution in [0.4, 0.5) is 0 Å². The highest BCUT2D eigenvalue weighted by Crippen LogP contribution is 2.21. The molecule has 7 nitrogen and oxygen atoms in total. The predicted molar refractivity (Wildman–Crippen MR) is 118 cm³/mol. The van der Waals surface area contributed by atoms with E-state index in [1.54, 1.807) is 23.1 Å². The molecular weight excluding hydrogens is 388 g/mol. The van der Waals surface area contributed by atoms with E-state index >= 15 is 0 Å². The number of fused-ring (bicyclic) bond motifs is 1. The number of imidazole rings is 1. The quantitative estimate of drug-likeness (QED) is 0.447. The van der Waals surface area contributed by atoms with Crippen LogP contribution in [0.15, 0.2) is 91.5 Å². The van der Waals surface area contributed by atoms with Crippen molar-refractivity contribution in [1.82, 2.24) is 30.0 Å². The number of nitrogens with zero attached hydrogens (tertiary/aromatic N) is 4. The van der Waals surface area contributed by atoms with Gasteiger partial charge in [-0.05, 0) is 48.4 Å². The van der Waals surface area contributed by atoms with Crippen LogP contribution in [0.3, 0.4) is 0 Å². The van der Waals surface area contributed by atoms with Gasteiger partial charge in [-0.3, -0.25) is 4.79 Å². The van der Waals surface area contributed by atoms with E-state index in [9.17, 15) is 4.79 Å². The van der Waals surface area contributed by atoms with Crippen LogP contribution in [0, 0.1) is 0 Å². The van der Waals surface area contributed by atoms with E-state index in [1.165, 1.54) is 6.33 Å². The van der Waals surface area contributed by atoms with Gasteiger partial charge in [0, 0.05) is 5.56 Å². The summed E-state index contributed by atoms with van der Waals surface area (Å²) in [7, 11) is 0. The number of amides is 1. The second kappa shape index (κ2) is 8.23. The van der Waals surface area contributed by atoms with Crippen LogP contribution in [0.1, 0.15) is 27.8 Å². The number of carbonyl (C=O) groups is 1. The maximum absolute atomic E-state index is 13.0. The Hall–Kier alpha value is -4.26. The van der Waals surface area contributed by atoms with Crippen LogP contribution in [-0.2, 0) is 6.42 Å². The normalized spacial score (nSPS) is 12.0. The van der Waals surface area contributed by atoms with E-state index in [4.69, 9.17) is 4.98 Å². The summed E-state index contributed by atoms with van der Waals surface area (Å²) < 4.78 is 1.65. The first-order chi connectivity index (χ1) is 15.3. The first kappa shape index (κ1) is 18.7. The summed E-state index contributed by atoms with van der Waals surface area (Å²) in [6.07, 6.45) is 3.72. The summed E-state index contributed by atoms with van der Waals surface area (Å²) in [5.74, 6) is 0.573. The largest absolute Gasteiger partial charge is 0.342 e. The molecule has 0 aliphatic rings. The van der Waals surface area contributed by atoms with Gasteiger partial charge in [-0.1, -0.05) is 42.5 Å². The van der Waals surface area contributed by atoms with Crippen molar-refractivity contribution in [2.24, 2.45) is 0 Å². The first-order valence-corrected chi connectivity index (χ1v) is 10.0. The molecule has 2 N–H and O–H groups in total. The standard InChI is InChI=1S/C24H20N6O/c31-24(18-10-12-19(13-11-18)30-16-25-15-26-30)29-22(14-17-6-2-1-3-7-17)23-27-20-8-4-5-9-21(20)28-23/h1-13,15-16,22H,14H2,(H,27,28)(H,29,31)/t22-/m1/s1. The lowest BCUT2D eigenvalue weighted by molar-refractivity contribution is 0.0935. The fraction of sp³-hybridized carbons (Fsp3) is 0.0833. The Morgan fingerprint density at radius 1 is 0.968 bits per heavy atom. The molecule has 0 bridgehead atoms. The summed E-state index contributed by atoms with van der Waals surface area (Å²) in [5.41, 5.74) is 4.35. The van der Waals surface area contributed by atoms with Crippen LogP contribution in [0.2, 0.25) is 0 Å². The van der Waals surface area contributed by atoms with Crippen LogP contribution in [-0.4, -0.2) is 30.6 Å². The van der Waals surface area contributed by atoms with Crippen molar-refractivity contribution >= 4 is 16.9 Å². The Morgan fingerprint density at radius 2 is 1.74 bits per heavy atom. The van der Waals surface area contributed by atoms with Gasteiger partial charge in [0.05, 0.1) is 22.8 Å². The molecule has 152 valence electrons. The van der Waals surface area contributed by atoms with Crippen molar-refractivity contribution in [2.45, 2.75) is 12.5 Å². The topological polar surface area (TPSA) is 88.5 Å². The highest BCUT2D eigenvalue weighted by molar-refractivity contribution is 5.94. The highest BCUT2D eigenvalue weighted by atomic mass is 16.1. The number of rotatable bonds is 6. The molecule has 5 rings (SSSR count). The van der Waals surface area contributed by atoms with Crippen molar-refractivity contribution in [2.75, 3.05) is 0 Å². The molecule has 0 aliphatic carbocycles. The van der Waals surface area contributed by atoms with Crippen LogP contribution in [0.25, 0.3) is 16.7 Å². The monoisotopic (exact) mass is 408 g/mol. The zero-order chi connectivity index (χ0) is 21.0. The fourth-order valence-corrected chi connectivity index (χ4v) is 3.55. The van der Waals surface area contributed by atoms with Crippen molar-refractivity contribution in [3.8, 4) is 5.69 Å². The minimum absolute atomic E-state index is 0.161. The van der Waals surface area contributed by atoms with Gasteiger partial charge in [-0.15, -0.1) is 0 Å². The third-order valence-corrected chi connectivity index (χ3v) is 5.14. The van der Waals surface area contributed by atoms with Crippen molar-refractivity contribution in [3.05, 3.63) is 108 Å². The maximum atomic E-state index is 13.0. The fourth-order valence-electron chi connectivity index (χ4n) is 3.55. The maximum Gasteiger partial charge on any atom is 0.251 e. The number of nitrogens with one attached hydrogen (secondary N) is 2. The molecule has 0 radical (unpaired) electrons. The van der Waals surface area contributed by atoms with E-state index in [0.29, 0.717) is 12.0 Å². The SMILES string of the molecule is O=C(N[C@H](Cc1ccccc1)c1nc2ccccc2[nH]1)c1ccc(-n2cncn2)cc1. The number of aromatic amines is 1. The van der Waals surface area contributed by atoms with Gasteiger partial charge in [0.1, 0.15) is 18.5 Å². The van der Waals surface area contributed by atoms with Gasteiger partial charge in [0.2, 0.25) is 0 Å². The average Bonchev–Trinajstić information content (AvgIpc) is 3.49. The van der Waals surface area contributed by atoms with E-state index < -0.39 is 0 Å². The Labute approximate surface area is 178 Å². The van der Waals surface area contributed by atoms with Gasteiger partial charge < -0.3 is 10.3 Å². The molecule has 0 fully saturated rings. The molecule has 0 saturated carbocycles. The zero-order valence-corrected chi connectivity index (χ0v) is 16.6. The van der Waals surface area contributed by atoms with E-state index in [-0.39, 0.29) is 11.9 Å². The lowest BCUT2D eigenvalue weighted by Gasteiger charge is -2.17. The minimum Gasteiger partial charge on any atom is -0.342 e. The second-order valence-electron chi connectivity index (χ2n) is 7.24. The Balaban J connectivity index is 1.41. The number of aromatic nitrogens is 5. The molecule has 2 heterocycles. The summed E-state index contributed by atoms with van der Waals surface area (Å²) in [4.78, 5) is 25.1. The van der Waals surface area contributed by atoms with Gasteiger partial charge in [0.15, 0.2) is 0 Å². The van der Waals surface area contributed by atoms with Gasteiger partial charge in [-0.25, -0.2) is 14.6 Å².